The summed E-state index contributed by atoms with van der Waals surface area (Å²) in [5.74, 6) is 0.143. The number of amidine groups is 1. The van der Waals surface area contributed by atoms with Crippen LogP contribution in [0.15, 0.2) is 16.6 Å². The molecule has 1 aromatic rings. The number of carbonyl (C=O) groups excluding carboxylic acids is 1. The molecule has 1 rings (SSSR count). The maximum atomic E-state index is 11.7. The molecular formula is C9H13N3O3S. The van der Waals surface area contributed by atoms with E-state index in [1.807, 2.05) is 0 Å². The molecule has 0 fully saturated rings. The summed E-state index contributed by atoms with van der Waals surface area (Å²) < 4.78 is 5.01. The molecule has 4 N–H and O–H groups in total. The molecule has 0 saturated heterocycles. The lowest BCUT2D eigenvalue weighted by molar-refractivity contribution is 0.0950. The number of methoxy groups -OCH3 is 1. The smallest absolute Gasteiger partial charge is 0.265 e. The van der Waals surface area contributed by atoms with Crippen molar-refractivity contribution < 1.29 is 14.7 Å². The van der Waals surface area contributed by atoms with Crippen LogP contribution < -0.4 is 15.8 Å². The van der Waals surface area contributed by atoms with Crippen LogP contribution in [0.3, 0.4) is 0 Å². The van der Waals surface area contributed by atoms with Gasteiger partial charge >= 0.3 is 0 Å². The van der Waals surface area contributed by atoms with Gasteiger partial charge in [0.2, 0.25) is 0 Å². The van der Waals surface area contributed by atoms with Gasteiger partial charge in [0.15, 0.2) is 5.84 Å². The molecule has 1 amide bonds. The third-order valence-corrected chi connectivity index (χ3v) is 2.86. The van der Waals surface area contributed by atoms with E-state index < -0.39 is 6.04 Å². The highest BCUT2D eigenvalue weighted by atomic mass is 32.1. The molecule has 1 heterocycles. The van der Waals surface area contributed by atoms with Crippen LogP contribution in [-0.2, 0) is 0 Å². The van der Waals surface area contributed by atoms with Crippen LogP contribution in [0.1, 0.15) is 16.6 Å². The normalized spacial score (nSPS) is 13.2. The third-order valence-electron chi connectivity index (χ3n) is 1.96. The predicted molar refractivity (Wildman–Crippen MR) is 61.2 cm³/mol. The van der Waals surface area contributed by atoms with E-state index in [1.54, 1.807) is 18.4 Å². The van der Waals surface area contributed by atoms with Gasteiger partial charge in [-0.2, -0.15) is 0 Å². The minimum Gasteiger partial charge on any atom is -0.495 e. The van der Waals surface area contributed by atoms with Crippen molar-refractivity contribution in [1.82, 2.24) is 5.32 Å². The van der Waals surface area contributed by atoms with E-state index in [9.17, 15) is 4.79 Å². The maximum absolute atomic E-state index is 11.7. The number of ether oxygens (including phenoxy) is 1. The molecule has 0 saturated carbocycles. The summed E-state index contributed by atoms with van der Waals surface area (Å²) in [7, 11) is 1.49. The molecule has 0 aliphatic carbocycles. The first-order chi connectivity index (χ1) is 7.60. The summed E-state index contributed by atoms with van der Waals surface area (Å²) in [4.78, 5) is 12.2. The first-order valence-electron chi connectivity index (χ1n) is 4.50. The molecule has 1 aromatic heterocycles. The Morgan fingerprint density at radius 2 is 2.44 bits per heavy atom. The van der Waals surface area contributed by atoms with E-state index in [1.165, 1.54) is 18.4 Å². The standard InChI is InChI=1S/C9H13N3O3S/c1-5(8(10)12-14)11-9(13)7-6(15-2)3-4-16-7/h3-5,14H,1-2H3,(H2,10,12)(H,11,13). The van der Waals surface area contributed by atoms with Crippen LogP contribution in [0, 0.1) is 0 Å². The highest BCUT2D eigenvalue weighted by Gasteiger charge is 2.17. The molecule has 7 heteroatoms. The Morgan fingerprint density at radius 3 is 3.00 bits per heavy atom. The van der Waals surface area contributed by atoms with Crippen LogP contribution in [0.2, 0.25) is 0 Å². The van der Waals surface area contributed by atoms with Gasteiger partial charge in [-0.3, -0.25) is 4.79 Å². The summed E-state index contributed by atoms with van der Waals surface area (Å²) in [5, 5.41) is 15.6. The van der Waals surface area contributed by atoms with Crippen molar-refractivity contribution in [1.29, 1.82) is 0 Å². The van der Waals surface area contributed by atoms with E-state index in [0.717, 1.165) is 0 Å². The zero-order valence-electron chi connectivity index (χ0n) is 8.93. The minimum atomic E-state index is -0.538. The summed E-state index contributed by atoms with van der Waals surface area (Å²) in [6.07, 6.45) is 0. The number of nitrogens with one attached hydrogen (secondary N) is 1. The van der Waals surface area contributed by atoms with Gasteiger partial charge < -0.3 is 21.0 Å². The Labute approximate surface area is 96.7 Å². The van der Waals surface area contributed by atoms with Gasteiger partial charge in [-0.1, -0.05) is 5.16 Å². The molecule has 0 radical (unpaired) electrons. The second-order valence-electron chi connectivity index (χ2n) is 3.04. The monoisotopic (exact) mass is 243 g/mol. The highest BCUT2D eigenvalue weighted by molar-refractivity contribution is 7.12. The lowest BCUT2D eigenvalue weighted by Crippen LogP contribution is -2.42. The van der Waals surface area contributed by atoms with Crippen molar-refractivity contribution >= 4 is 23.1 Å². The Bertz CT molecular complexity index is 402. The molecule has 0 aliphatic rings. The molecule has 0 bridgehead atoms. The van der Waals surface area contributed by atoms with E-state index in [2.05, 4.69) is 10.5 Å². The van der Waals surface area contributed by atoms with Crippen LogP contribution in [0.5, 0.6) is 5.75 Å². The molecule has 88 valence electrons. The number of nitrogens with two attached hydrogens (primary N) is 1. The quantitative estimate of drug-likeness (QED) is 0.312. The Kier molecular flexibility index (Phi) is 4.12. The number of nitrogens with zero attached hydrogens (tertiary/aromatic N) is 1. The van der Waals surface area contributed by atoms with Gasteiger partial charge in [0.05, 0.1) is 13.2 Å². The third kappa shape index (κ3) is 2.63. The van der Waals surface area contributed by atoms with Crippen molar-refractivity contribution in [2.75, 3.05) is 7.11 Å². The fourth-order valence-corrected chi connectivity index (χ4v) is 1.81. The lowest BCUT2D eigenvalue weighted by atomic mass is 10.3. The SMILES string of the molecule is COc1ccsc1C(=O)NC(C)/C(N)=N/O. The maximum Gasteiger partial charge on any atom is 0.265 e. The van der Waals surface area contributed by atoms with Gasteiger partial charge in [-0.25, -0.2) is 0 Å². The van der Waals surface area contributed by atoms with Crippen LogP contribution >= 0.6 is 11.3 Å². The molecule has 0 spiro atoms. The van der Waals surface area contributed by atoms with Crippen LogP contribution in [-0.4, -0.2) is 30.1 Å². The zero-order chi connectivity index (χ0) is 12.1. The number of rotatable bonds is 4. The van der Waals surface area contributed by atoms with E-state index >= 15 is 0 Å². The molecule has 16 heavy (non-hydrogen) atoms. The molecule has 6 nitrogen and oxygen atoms in total. The second-order valence-corrected chi connectivity index (χ2v) is 3.95. The summed E-state index contributed by atoms with van der Waals surface area (Å²) >= 11 is 1.26. The second kappa shape index (κ2) is 5.36. The number of thiophene rings is 1. The minimum absolute atomic E-state index is 0.0520. The number of hydrogen-bond donors (Lipinski definition) is 3. The topological polar surface area (TPSA) is 96.9 Å². The molecule has 0 aromatic carbocycles. The van der Waals surface area contributed by atoms with Crippen molar-refractivity contribution in [2.45, 2.75) is 13.0 Å². The number of carbonyl (C=O) groups is 1. The van der Waals surface area contributed by atoms with Crippen LogP contribution in [0.4, 0.5) is 0 Å². The fraction of sp³-hybridized carbons (Fsp3) is 0.333. The lowest BCUT2D eigenvalue weighted by Gasteiger charge is -2.11. The average Bonchev–Trinajstić information content (AvgIpc) is 2.75. The van der Waals surface area contributed by atoms with Gasteiger partial charge in [-0.05, 0) is 18.4 Å². The molecule has 1 atom stereocenters. The molecule has 1 unspecified atom stereocenters. The number of oxime groups is 1. The highest BCUT2D eigenvalue weighted by Crippen LogP contribution is 2.24. The van der Waals surface area contributed by atoms with E-state index in [-0.39, 0.29) is 11.7 Å². The largest absolute Gasteiger partial charge is 0.495 e. The summed E-state index contributed by atoms with van der Waals surface area (Å²) in [6.45, 7) is 1.62. The van der Waals surface area contributed by atoms with Gasteiger partial charge in [0.25, 0.3) is 5.91 Å². The Morgan fingerprint density at radius 1 is 1.75 bits per heavy atom. The first-order valence-corrected chi connectivity index (χ1v) is 5.37. The van der Waals surface area contributed by atoms with Gasteiger partial charge in [-0.15, -0.1) is 11.3 Å². The van der Waals surface area contributed by atoms with E-state index in [4.69, 9.17) is 15.7 Å². The van der Waals surface area contributed by atoms with Crippen molar-refractivity contribution in [3.05, 3.63) is 16.3 Å². The van der Waals surface area contributed by atoms with Crippen molar-refractivity contribution in [3.63, 3.8) is 0 Å². The summed E-state index contributed by atoms with van der Waals surface area (Å²) in [5.41, 5.74) is 5.35. The molecule has 0 aliphatic heterocycles. The zero-order valence-corrected chi connectivity index (χ0v) is 9.75. The van der Waals surface area contributed by atoms with Crippen LogP contribution in [0.25, 0.3) is 0 Å². The van der Waals surface area contributed by atoms with Crippen molar-refractivity contribution in [2.24, 2.45) is 10.9 Å². The average molecular weight is 243 g/mol. The Balaban J connectivity index is 2.73. The van der Waals surface area contributed by atoms with Gasteiger partial charge in [0.1, 0.15) is 10.6 Å². The Hall–Kier alpha value is -1.76. The number of hydrogen-bond acceptors (Lipinski definition) is 5. The predicted octanol–water partition coefficient (Wildman–Crippen LogP) is 0.621. The van der Waals surface area contributed by atoms with Gasteiger partial charge in [0, 0.05) is 0 Å². The van der Waals surface area contributed by atoms with E-state index in [0.29, 0.717) is 10.6 Å². The van der Waals surface area contributed by atoms with Crippen molar-refractivity contribution in [3.8, 4) is 5.75 Å². The first kappa shape index (κ1) is 12.3. The summed E-state index contributed by atoms with van der Waals surface area (Å²) in [6, 6.07) is 1.16. The molecular weight excluding hydrogens is 230 g/mol. The fourth-order valence-electron chi connectivity index (χ4n) is 1.05. The number of amides is 1.